The van der Waals surface area contributed by atoms with Crippen molar-refractivity contribution < 1.29 is 33.9 Å². The van der Waals surface area contributed by atoms with Crippen LogP contribution in [0.15, 0.2) is 30.5 Å². The van der Waals surface area contributed by atoms with E-state index in [0.29, 0.717) is 12.8 Å². The van der Waals surface area contributed by atoms with E-state index in [9.17, 15) is 33.9 Å². The summed E-state index contributed by atoms with van der Waals surface area (Å²) < 4.78 is 0. The van der Waals surface area contributed by atoms with E-state index in [1.807, 2.05) is 52.0 Å². The van der Waals surface area contributed by atoms with Crippen molar-refractivity contribution in [1.29, 1.82) is 0 Å². The largest absolute Gasteiger partial charge is 0.391 e. The highest BCUT2D eigenvalue weighted by atomic mass is 16.3. The van der Waals surface area contributed by atoms with E-state index in [2.05, 4.69) is 31.6 Å². The van der Waals surface area contributed by atoms with Crippen LogP contribution in [0.1, 0.15) is 78.7 Å². The fourth-order valence-corrected chi connectivity index (χ4v) is 6.57. The summed E-state index contributed by atoms with van der Waals surface area (Å²) >= 11 is 0. The molecule has 0 saturated carbocycles. The van der Waals surface area contributed by atoms with Gasteiger partial charge in [-0.15, -0.1) is 0 Å². The molecule has 2 aliphatic heterocycles. The standard InChI is InChI=1S/C36H53N7O7/c1-20(2)14-29-36(50)43-19-24(44)17-30(43)35(49)37-13-9-8-12-27(40-31(45)15-21(3)4)33(47)39-22(5)32(46)41-28(34(48)42-29)16-23-18-38-26-11-7-6-10-25(23)26/h6-7,10-11,18,20-22,24,27-30,38,44H,8-9,12-17,19H2,1-5H3,(H,37,49)(H,39,47)(H,40,45)(H,41,46)(H,42,48)/t22-,24-,27+,28+,29-,30+/m1/s1. The minimum absolute atomic E-state index is 0.0171. The molecule has 2 aliphatic rings. The normalized spacial score (nSPS) is 26.4. The zero-order valence-electron chi connectivity index (χ0n) is 29.7. The Balaban J connectivity index is 1.66. The molecule has 50 heavy (non-hydrogen) atoms. The van der Waals surface area contributed by atoms with Crippen molar-refractivity contribution in [3.63, 3.8) is 0 Å². The average molecular weight is 696 g/mol. The van der Waals surface area contributed by atoms with Gasteiger partial charge in [-0.2, -0.15) is 0 Å². The van der Waals surface area contributed by atoms with Crippen LogP contribution in [0.2, 0.25) is 0 Å². The van der Waals surface area contributed by atoms with Crippen molar-refractivity contribution in [3.8, 4) is 0 Å². The molecule has 7 N–H and O–H groups in total. The van der Waals surface area contributed by atoms with E-state index in [4.69, 9.17) is 0 Å². The minimum Gasteiger partial charge on any atom is -0.391 e. The van der Waals surface area contributed by atoms with Crippen LogP contribution in [0.25, 0.3) is 10.9 Å². The number of aliphatic hydroxyl groups excluding tert-OH is 1. The first-order chi connectivity index (χ1) is 23.7. The first-order valence-corrected chi connectivity index (χ1v) is 17.7. The van der Waals surface area contributed by atoms with Gasteiger partial charge in [-0.05, 0) is 56.1 Å². The molecule has 1 aromatic carbocycles. The molecule has 0 bridgehead atoms. The quantitative estimate of drug-likeness (QED) is 0.224. The lowest BCUT2D eigenvalue weighted by atomic mass is 10.00. The molecule has 6 amide bonds. The van der Waals surface area contributed by atoms with E-state index in [0.717, 1.165) is 16.5 Å². The maximum Gasteiger partial charge on any atom is 0.245 e. The Labute approximate surface area is 293 Å². The third kappa shape index (κ3) is 10.3. The highest BCUT2D eigenvalue weighted by molar-refractivity contribution is 5.97. The number of amides is 6. The summed E-state index contributed by atoms with van der Waals surface area (Å²) in [6.45, 7) is 9.31. The molecule has 274 valence electrons. The number of carbonyl (C=O) groups excluding carboxylic acids is 6. The number of nitrogens with one attached hydrogen (secondary N) is 6. The Morgan fingerprint density at radius 3 is 2.36 bits per heavy atom. The number of aromatic amines is 1. The van der Waals surface area contributed by atoms with Crippen LogP contribution in [0.3, 0.4) is 0 Å². The van der Waals surface area contributed by atoms with Gasteiger partial charge in [0.25, 0.3) is 0 Å². The highest BCUT2D eigenvalue weighted by Gasteiger charge is 2.42. The number of aromatic nitrogens is 1. The van der Waals surface area contributed by atoms with Gasteiger partial charge in [0.1, 0.15) is 30.2 Å². The molecule has 1 aromatic heterocycles. The van der Waals surface area contributed by atoms with Gasteiger partial charge >= 0.3 is 0 Å². The van der Waals surface area contributed by atoms with Crippen LogP contribution in [0, 0.1) is 11.8 Å². The zero-order valence-corrected chi connectivity index (χ0v) is 29.7. The number of hydrogen-bond donors (Lipinski definition) is 7. The van der Waals surface area contributed by atoms with Gasteiger partial charge in [0.2, 0.25) is 35.4 Å². The van der Waals surface area contributed by atoms with Gasteiger partial charge in [0.15, 0.2) is 0 Å². The fourth-order valence-electron chi connectivity index (χ4n) is 6.57. The van der Waals surface area contributed by atoms with Crippen molar-refractivity contribution in [2.24, 2.45) is 11.8 Å². The number of hydrogen-bond acceptors (Lipinski definition) is 7. The lowest BCUT2D eigenvalue weighted by Gasteiger charge is -2.30. The second kappa shape index (κ2) is 17.5. The van der Waals surface area contributed by atoms with Gasteiger partial charge in [-0.25, -0.2) is 0 Å². The first kappa shape index (κ1) is 38.3. The van der Waals surface area contributed by atoms with Crippen LogP contribution >= 0.6 is 0 Å². The molecule has 3 heterocycles. The van der Waals surface area contributed by atoms with Crippen molar-refractivity contribution in [3.05, 3.63) is 36.0 Å². The number of para-hydroxylation sites is 1. The maximum absolute atomic E-state index is 14.1. The van der Waals surface area contributed by atoms with Crippen LogP contribution < -0.4 is 26.6 Å². The zero-order chi connectivity index (χ0) is 36.5. The average Bonchev–Trinajstić information content (AvgIpc) is 3.65. The molecule has 0 radical (unpaired) electrons. The smallest absolute Gasteiger partial charge is 0.245 e. The molecule has 14 heteroatoms. The number of benzene rings is 1. The predicted octanol–water partition coefficient (Wildman–Crippen LogP) is 1.02. The van der Waals surface area contributed by atoms with E-state index in [-0.39, 0.29) is 62.9 Å². The summed E-state index contributed by atoms with van der Waals surface area (Å²) in [4.78, 5) is 85.7. The van der Waals surface area contributed by atoms with Gasteiger partial charge < -0.3 is 41.6 Å². The van der Waals surface area contributed by atoms with E-state index >= 15 is 0 Å². The number of fused-ring (bicyclic) bond motifs is 2. The molecule has 0 unspecified atom stereocenters. The fraction of sp³-hybridized carbons (Fsp3) is 0.611. The van der Waals surface area contributed by atoms with Gasteiger partial charge in [-0.3, -0.25) is 28.8 Å². The lowest BCUT2D eigenvalue weighted by molar-refractivity contribution is -0.142. The van der Waals surface area contributed by atoms with Crippen molar-refractivity contribution in [2.75, 3.05) is 13.1 Å². The molecule has 0 spiro atoms. The number of aliphatic hydroxyl groups is 1. The highest BCUT2D eigenvalue weighted by Crippen LogP contribution is 2.23. The Morgan fingerprint density at radius 2 is 1.64 bits per heavy atom. The van der Waals surface area contributed by atoms with E-state index in [1.165, 1.54) is 11.8 Å². The summed E-state index contributed by atoms with van der Waals surface area (Å²) in [5, 5.41) is 25.4. The Bertz CT molecular complexity index is 1540. The van der Waals surface area contributed by atoms with Gasteiger partial charge in [0.05, 0.1) is 6.10 Å². The second-order valence-electron chi connectivity index (χ2n) is 14.4. The molecule has 6 atom stereocenters. The van der Waals surface area contributed by atoms with Crippen LogP contribution in [-0.2, 0) is 35.2 Å². The van der Waals surface area contributed by atoms with Crippen molar-refractivity contribution in [2.45, 2.75) is 116 Å². The van der Waals surface area contributed by atoms with Crippen LogP contribution in [0.5, 0.6) is 0 Å². The summed E-state index contributed by atoms with van der Waals surface area (Å²) in [7, 11) is 0. The maximum atomic E-state index is 14.1. The van der Waals surface area contributed by atoms with E-state index in [1.54, 1.807) is 6.20 Å². The Kier molecular flexibility index (Phi) is 13.4. The number of carbonyl (C=O) groups is 6. The lowest BCUT2D eigenvalue weighted by Crippen LogP contribution is -2.59. The topological polar surface area (TPSA) is 202 Å². The van der Waals surface area contributed by atoms with Gasteiger partial charge in [0, 0.05) is 49.5 Å². The molecule has 2 saturated heterocycles. The van der Waals surface area contributed by atoms with Crippen molar-refractivity contribution in [1.82, 2.24) is 36.5 Å². The summed E-state index contributed by atoms with van der Waals surface area (Å²) in [5.74, 6) is -2.91. The third-order valence-corrected chi connectivity index (χ3v) is 9.13. The van der Waals surface area contributed by atoms with Crippen molar-refractivity contribution >= 4 is 46.3 Å². The summed E-state index contributed by atoms with van der Waals surface area (Å²) in [6.07, 6.45) is 2.68. The molecular weight excluding hydrogens is 642 g/mol. The predicted molar refractivity (Wildman–Crippen MR) is 187 cm³/mol. The molecule has 2 aromatic rings. The molecular formula is C36H53N7O7. The van der Waals surface area contributed by atoms with E-state index < -0.39 is 65.8 Å². The summed E-state index contributed by atoms with van der Waals surface area (Å²) in [6, 6.07) is 2.46. The van der Waals surface area contributed by atoms with Gasteiger partial charge in [-0.1, -0.05) is 45.9 Å². The molecule has 14 nitrogen and oxygen atoms in total. The number of H-pyrrole nitrogens is 1. The Hall–Kier alpha value is -4.46. The third-order valence-electron chi connectivity index (χ3n) is 9.13. The number of nitrogens with zero attached hydrogens (tertiary/aromatic N) is 1. The summed E-state index contributed by atoms with van der Waals surface area (Å²) in [5.41, 5.74) is 1.61. The minimum atomic E-state index is -1.14. The van der Waals surface area contributed by atoms with Crippen LogP contribution in [0.4, 0.5) is 0 Å². The molecule has 4 rings (SSSR count). The van der Waals surface area contributed by atoms with Crippen LogP contribution in [-0.4, -0.2) is 99.8 Å². The number of rotatable bonds is 7. The SMILES string of the molecule is CC(C)CC(=O)N[C@H]1CCCCNC(=O)[C@@H]2C[C@@H](O)CN2C(=O)[C@@H](CC(C)C)NC(=O)[C@H](Cc2c[nH]c3ccccc23)NC(=O)[C@@H](C)NC1=O. The Morgan fingerprint density at radius 1 is 0.920 bits per heavy atom. The molecule has 2 fully saturated rings. The first-order valence-electron chi connectivity index (χ1n) is 17.7. The monoisotopic (exact) mass is 695 g/mol. The molecule has 0 aliphatic carbocycles. The second-order valence-corrected chi connectivity index (χ2v) is 14.4.